The van der Waals surface area contributed by atoms with E-state index in [0.29, 0.717) is 21.7 Å². The number of carbonyl (C=O) groups is 3. The molecule has 0 radical (unpaired) electrons. The van der Waals surface area contributed by atoms with Crippen molar-refractivity contribution in [3.63, 3.8) is 0 Å². The van der Waals surface area contributed by atoms with Crippen LogP contribution in [0.1, 0.15) is 21.5 Å². The van der Waals surface area contributed by atoms with Gasteiger partial charge < -0.3 is 20.1 Å². The number of rotatable bonds is 9. The molecule has 13 heteroatoms. The van der Waals surface area contributed by atoms with Crippen molar-refractivity contribution in [2.24, 2.45) is 0 Å². The topological polar surface area (TPSA) is 120 Å². The highest BCUT2D eigenvalue weighted by Gasteiger charge is 2.32. The van der Waals surface area contributed by atoms with Crippen LogP contribution in [0.25, 0.3) is 10.4 Å². The molecule has 1 aromatic heterocycles. The van der Waals surface area contributed by atoms with E-state index < -0.39 is 41.8 Å². The molecule has 3 aromatic rings. The normalized spacial score (nSPS) is 10.8. The summed E-state index contributed by atoms with van der Waals surface area (Å²) < 4.78 is 33.8. The lowest BCUT2D eigenvalue weighted by molar-refractivity contribution is 0.0696. The third-order valence-corrected chi connectivity index (χ3v) is 6.60. The van der Waals surface area contributed by atoms with Crippen LogP contribution in [0.5, 0.6) is 0 Å². The minimum absolute atomic E-state index is 0.0412. The van der Waals surface area contributed by atoms with Gasteiger partial charge in [0.2, 0.25) is 0 Å². The summed E-state index contributed by atoms with van der Waals surface area (Å²) in [4.78, 5) is 44.8. The Morgan fingerprint density at radius 2 is 1.61 bits per heavy atom. The standard InChI is InChI=1S/C25H26F2N4O6S/c1-30(2)12-17-20(23(32)33)22(31(25(35)36-3)13-16-18(26)6-5-7-19(16)27)38-21(17)14-8-10-15(11-9-14)28-24(34)29-37-4/h5-11H,12-13H2,1-4H3,(H,32,33)(H2,28,29,34). The van der Waals surface area contributed by atoms with Gasteiger partial charge in [-0.05, 0) is 43.9 Å². The van der Waals surface area contributed by atoms with Crippen molar-refractivity contribution in [2.75, 3.05) is 38.5 Å². The molecule has 3 N–H and O–H groups in total. The number of urea groups is 1. The molecule has 0 aliphatic heterocycles. The summed E-state index contributed by atoms with van der Waals surface area (Å²) in [6.45, 7) is -0.406. The van der Waals surface area contributed by atoms with E-state index in [9.17, 15) is 28.3 Å². The van der Waals surface area contributed by atoms with Crippen molar-refractivity contribution in [3.05, 3.63) is 70.8 Å². The van der Waals surface area contributed by atoms with Crippen molar-refractivity contribution in [2.45, 2.75) is 13.1 Å². The van der Waals surface area contributed by atoms with Crippen molar-refractivity contribution in [1.82, 2.24) is 10.4 Å². The number of carbonyl (C=O) groups excluding carboxylic acids is 2. The zero-order valence-corrected chi connectivity index (χ0v) is 21.8. The Balaban J connectivity index is 2.16. The van der Waals surface area contributed by atoms with Gasteiger partial charge in [-0.15, -0.1) is 11.3 Å². The van der Waals surface area contributed by atoms with E-state index in [0.717, 1.165) is 35.5 Å². The lowest BCUT2D eigenvalue weighted by Crippen LogP contribution is -2.31. The fourth-order valence-electron chi connectivity index (χ4n) is 3.69. The second kappa shape index (κ2) is 12.4. The molecule has 0 unspecified atom stereocenters. The van der Waals surface area contributed by atoms with Crippen LogP contribution in [0.2, 0.25) is 0 Å². The number of hydroxylamine groups is 1. The lowest BCUT2D eigenvalue weighted by Gasteiger charge is -2.21. The number of anilines is 2. The molecule has 1 heterocycles. The summed E-state index contributed by atoms with van der Waals surface area (Å²) in [6.07, 6.45) is -0.983. The molecule has 202 valence electrons. The Morgan fingerprint density at radius 3 is 2.13 bits per heavy atom. The molecule has 0 saturated heterocycles. The molecule has 0 spiro atoms. The molecule has 0 saturated carbocycles. The predicted molar refractivity (Wildman–Crippen MR) is 138 cm³/mol. The van der Waals surface area contributed by atoms with E-state index in [4.69, 9.17) is 4.74 Å². The van der Waals surface area contributed by atoms with Crippen LogP contribution in [0.4, 0.5) is 29.1 Å². The SMILES string of the molecule is CONC(=O)Nc1ccc(-c2sc(N(Cc3c(F)cccc3F)C(=O)OC)c(C(=O)O)c2CN(C)C)cc1. The molecule has 38 heavy (non-hydrogen) atoms. The number of nitrogens with zero attached hydrogens (tertiary/aromatic N) is 2. The van der Waals surface area contributed by atoms with Gasteiger partial charge in [0.1, 0.15) is 16.6 Å². The van der Waals surface area contributed by atoms with Crippen LogP contribution in [0.15, 0.2) is 42.5 Å². The molecule has 2 aromatic carbocycles. The molecule has 0 aliphatic rings. The highest BCUT2D eigenvalue weighted by Crippen LogP contribution is 2.44. The Morgan fingerprint density at radius 1 is 0.974 bits per heavy atom. The number of methoxy groups -OCH3 is 1. The van der Waals surface area contributed by atoms with E-state index in [2.05, 4.69) is 15.6 Å². The van der Waals surface area contributed by atoms with Gasteiger partial charge in [-0.2, -0.15) is 0 Å². The first-order valence-corrected chi connectivity index (χ1v) is 11.9. The third kappa shape index (κ3) is 6.43. The summed E-state index contributed by atoms with van der Waals surface area (Å²) in [5.41, 5.74) is 2.96. The predicted octanol–water partition coefficient (Wildman–Crippen LogP) is 4.91. The van der Waals surface area contributed by atoms with Crippen LogP contribution in [-0.2, 0) is 22.7 Å². The maximum Gasteiger partial charge on any atom is 0.414 e. The number of benzene rings is 2. The molecular weight excluding hydrogens is 522 g/mol. The minimum Gasteiger partial charge on any atom is -0.478 e. The lowest BCUT2D eigenvalue weighted by atomic mass is 10.0. The van der Waals surface area contributed by atoms with E-state index >= 15 is 0 Å². The van der Waals surface area contributed by atoms with Crippen molar-refractivity contribution in [1.29, 1.82) is 0 Å². The number of carboxylic acids is 1. The average molecular weight is 549 g/mol. The van der Waals surface area contributed by atoms with Gasteiger partial charge in [-0.25, -0.2) is 28.6 Å². The Kier molecular flexibility index (Phi) is 9.34. The van der Waals surface area contributed by atoms with Crippen LogP contribution < -0.4 is 15.7 Å². The van der Waals surface area contributed by atoms with Crippen LogP contribution in [-0.4, -0.2) is 56.4 Å². The summed E-state index contributed by atoms with van der Waals surface area (Å²) in [5.74, 6) is -3.10. The monoisotopic (exact) mass is 548 g/mol. The molecule has 0 fully saturated rings. The third-order valence-electron chi connectivity index (χ3n) is 5.29. The first-order chi connectivity index (χ1) is 18.1. The van der Waals surface area contributed by atoms with Gasteiger partial charge in [0.15, 0.2) is 0 Å². The second-order valence-electron chi connectivity index (χ2n) is 8.23. The Labute approximate surface area is 221 Å². The largest absolute Gasteiger partial charge is 0.478 e. The summed E-state index contributed by atoms with van der Waals surface area (Å²) in [5, 5.41) is 12.7. The quantitative estimate of drug-likeness (QED) is 0.325. The molecule has 0 bridgehead atoms. The minimum atomic E-state index is -1.32. The number of thiophene rings is 1. The highest BCUT2D eigenvalue weighted by molar-refractivity contribution is 7.20. The molecule has 3 rings (SSSR count). The number of halogens is 2. The van der Waals surface area contributed by atoms with E-state index in [1.807, 2.05) is 0 Å². The number of hydrogen-bond donors (Lipinski definition) is 3. The van der Waals surface area contributed by atoms with E-state index in [1.54, 1.807) is 43.3 Å². The average Bonchev–Trinajstić information content (AvgIpc) is 3.22. The molecule has 3 amide bonds. The Bertz CT molecular complexity index is 1310. The summed E-state index contributed by atoms with van der Waals surface area (Å²) in [6, 6.07) is 9.25. The van der Waals surface area contributed by atoms with Gasteiger partial charge in [0.05, 0.1) is 26.3 Å². The fraction of sp³-hybridized carbons (Fsp3) is 0.240. The molecule has 0 aliphatic carbocycles. The first-order valence-electron chi connectivity index (χ1n) is 11.1. The van der Waals surface area contributed by atoms with Crippen LogP contribution in [0, 0.1) is 11.6 Å². The van der Waals surface area contributed by atoms with Gasteiger partial charge in [-0.3, -0.25) is 9.74 Å². The van der Waals surface area contributed by atoms with Crippen molar-refractivity contribution < 1.29 is 37.8 Å². The zero-order valence-electron chi connectivity index (χ0n) is 21.0. The number of carboxylic acid groups (broad SMARTS) is 1. The van der Waals surface area contributed by atoms with Crippen molar-refractivity contribution >= 4 is 40.1 Å². The zero-order chi connectivity index (χ0) is 28.0. The molecular formula is C25H26F2N4O6S. The first kappa shape index (κ1) is 28.5. The van der Waals surface area contributed by atoms with Gasteiger partial charge in [-0.1, -0.05) is 18.2 Å². The fourth-order valence-corrected chi connectivity index (χ4v) is 4.99. The van der Waals surface area contributed by atoms with Crippen molar-refractivity contribution in [3.8, 4) is 10.4 Å². The number of aromatic carboxylic acids is 1. The summed E-state index contributed by atoms with van der Waals surface area (Å²) in [7, 11) is 5.89. The smallest absolute Gasteiger partial charge is 0.414 e. The molecule has 10 nitrogen and oxygen atoms in total. The van der Waals surface area contributed by atoms with Gasteiger partial charge in [0.25, 0.3) is 0 Å². The Hall–Kier alpha value is -4.07. The number of nitrogens with one attached hydrogen (secondary N) is 2. The van der Waals surface area contributed by atoms with E-state index in [-0.39, 0.29) is 17.1 Å². The summed E-state index contributed by atoms with van der Waals surface area (Å²) >= 11 is 0.973. The number of ether oxygens (including phenoxy) is 1. The van der Waals surface area contributed by atoms with Gasteiger partial charge >= 0.3 is 18.1 Å². The maximum atomic E-state index is 14.5. The highest BCUT2D eigenvalue weighted by atomic mass is 32.1. The van der Waals surface area contributed by atoms with E-state index in [1.165, 1.54) is 13.2 Å². The van der Waals surface area contributed by atoms with Crippen LogP contribution >= 0.6 is 11.3 Å². The number of hydrogen-bond acceptors (Lipinski definition) is 7. The van der Waals surface area contributed by atoms with Gasteiger partial charge in [0, 0.05) is 28.2 Å². The maximum absolute atomic E-state index is 14.5. The van der Waals surface area contributed by atoms with Crippen LogP contribution in [0.3, 0.4) is 0 Å². The number of amides is 3. The molecule has 0 atom stereocenters. The second-order valence-corrected chi connectivity index (χ2v) is 9.23.